The van der Waals surface area contributed by atoms with Crippen LogP contribution in [0, 0.1) is 5.92 Å². The summed E-state index contributed by atoms with van der Waals surface area (Å²) in [6.07, 6.45) is 2.19. The van der Waals surface area contributed by atoms with E-state index in [9.17, 15) is 13.2 Å². The average Bonchev–Trinajstić information content (AvgIpc) is 3.21. The largest absolute Gasteiger partial charge is 0.383 e. The molecule has 0 bridgehead atoms. The van der Waals surface area contributed by atoms with Crippen LogP contribution in [0.4, 0.5) is 0 Å². The minimum Gasteiger partial charge on any atom is -0.383 e. The van der Waals surface area contributed by atoms with Crippen molar-refractivity contribution in [2.75, 3.05) is 13.7 Å². The van der Waals surface area contributed by atoms with Crippen LogP contribution in [0.15, 0.2) is 29.2 Å². The van der Waals surface area contributed by atoms with Gasteiger partial charge in [0.05, 0.1) is 17.5 Å². The maximum Gasteiger partial charge on any atom is 0.251 e. The fourth-order valence-corrected chi connectivity index (χ4v) is 2.54. The van der Waals surface area contributed by atoms with Crippen molar-refractivity contribution in [3.05, 3.63) is 29.8 Å². The van der Waals surface area contributed by atoms with E-state index in [-0.39, 0.29) is 16.8 Å². The molecule has 1 aromatic carbocycles. The summed E-state index contributed by atoms with van der Waals surface area (Å²) < 4.78 is 27.4. The zero-order valence-electron chi connectivity index (χ0n) is 11.2. The highest BCUT2D eigenvalue weighted by molar-refractivity contribution is 7.89. The first kappa shape index (κ1) is 15.0. The molecule has 1 aliphatic rings. The molecule has 1 atom stereocenters. The quantitative estimate of drug-likeness (QED) is 0.798. The zero-order valence-corrected chi connectivity index (χ0v) is 12.0. The molecule has 110 valence electrons. The van der Waals surface area contributed by atoms with Gasteiger partial charge in [-0.15, -0.1) is 0 Å². The maximum absolute atomic E-state index is 12.1. The molecular formula is C13H18N2O4S. The molecule has 20 heavy (non-hydrogen) atoms. The van der Waals surface area contributed by atoms with Gasteiger partial charge in [0.15, 0.2) is 0 Å². The lowest BCUT2D eigenvalue weighted by molar-refractivity contribution is 0.0884. The number of nitrogens with one attached hydrogen (secondary N) is 1. The van der Waals surface area contributed by atoms with Gasteiger partial charge >= 0.3 is 0 Å². The lowest BCUT2D eigenvalue weighted by Gasteiger charge is -2.17. The van der Waals surface area contributed by atoms with E-state index in [2.05, 4.69) is 5.32 Å². The molecule has 7 heteroatoms. The second kappa shape index (κ2) is 5.90. The molecule has 2 rings (SSSR count). The molecule has 0 saturated heterocycles. The maximum atomic E-state index is 12.1. The van der Waals surface area contributed by atoms with Gasteiger partial charge in [-0.1, -0.05) is 0 Å². The highest BCUT2D eigenvalue weighted by Gasteiger charge is 2.32. The Hall–Kier alpha value is -1.44. The number of sulfonamides is 1. The van der Waals surface area contributed by atoms with Gasteiger partial charge in [-0.2, -0.15) is 0 Å². The van der Waals surface area contributed by atoms with E-state index in [1.807, 2.05) is 0 Å². The molecule has 1 saturated carbocycles. The number of hydrogen-bond donors (Lipinski definition) is 2. The fraction of sp³-hybridized carbons (Fsp3) is 0.462. The van der Waals surface area contributed by atoms with Gasteiger partial charge in [-0.3, -0.25) is 4.79 Å². The third kappa shape index (κ3) is 3.78. The van der Waals surface area contributed by atoms with Crippen molar-refractivity contribution >= 4 is 15.9 Å². The normalized spacial score (nSPS) is 16.7. The van der Waals surface area contributed by atoms with Crippen LogP contribution in [0.1, 0.15) is 23.2 Å². The third-order valence-electron chi connectivity index (χ3n) is 3.30. The molecule has 1 fully saturated rings. The van der Waals surface area contributed by atoms with Crippen LogP contribution in [-0.4, -0.2) is 34.1 Å². The highest BCUT2D eigenvalue weighted by atomic mass is 32.2. The number of carbonyl (C=O) groups is 1. The number of rotatable bonds is 6. The van der Waals surface area contributed by atoms with Crippen molar-refractivity contribution < 1.29 is 17.9 Å². The van der Waals surface area contributed by atoms with E-state index in [1.54, 1.807) is 7.11 Å². The summed E-state index contributed by atoms with van der Waals surface area (Å²) in [5.74, 6) is 0.238. The standard InChI is InChI=1S/C13H18N2O4S/c1-19-8-12(9-2-3-9)15-13(16)10-4-6-11(7-5-10)20(14,17)18/h4-7,9,12H,2-3,8H2,1H3,(H,15,16)(H2,14,17,18). The number of nitrogens with two attached hydrogens (primary N) is 1. The van der Waals surface area contributed by atoms with Gasteiger partial charge in [0, 0.05) is 12.7 Å². The van der Waals surface area contributed by atoms with Crippen LogP contribution in [0.5, 0.6) is 0 Å². The van der Waals surface area contributed by atoms with Gasteiger partial charge < -0.3 is 10.1 Å². The Bertz CT molecular complexity index is 579. The number of carbonyl (C=O) groups excluding carboxylic acids is 1. The number of benzene rings is 1. The molecule has 0 aliphatic heterocycles. The molecule has 1 unspecified atom stereocenters. The van der Waals surface area contributed by atoms with Crippen molar-refractivity contribution in [2.45, 2.75) is 23.8 Å². The molecule has 0 radical (unpaired) electrons. The summed E-state index contributed by atoms with van der Waals surface area (Å²) in [4.78, 5) is 12.1. The Labute approximate surface area is 118 Å². The van der Waals surface area contributed by atoms with E-state index in [0.29, 0.717) is 18.1 Å². The van der Waals surface area contributed by atoms with Crippen molar-refractivity contribution in [1.29, 1.82) is 0 Å². The Kier molecular flexibility index (Phi) is 4.42. The number of ether oxygens (including phenoxy) is 1. The Balaban J connectivity index is 2.05. The summed E-state index contributed by atoms with van der Waals surface area (Å²) in [6, 6.07) is 5.56. The Morgan fingerprint density at radius 2 is 2.00 bits per heavy atom. The van der Waals surface area contributed by atoms with E-state index in [4.69, 9.17) is 9.88 Å². The van der Waals surface area contributed by atoms with Crippen LogP contribution in [0.2, 0.25) is 0 Å². The van der Waals surface area contributed by atoms with Crippen molar-refractivity contribution in [2.24, 2.45) is 11.1 Å². The van der Waals surface area contributed by atoms with Crippen LogP contribution >= 0.6 is 0 Å². The molecule has 0 heterocycles. The minimum atomic E-state index is -3.73. The highest BCUT2D eigenvalue weighted by Crippen LogP contribution is 2.32. The van der Waals surface area contributed by atoms with Gasteiger partial charge in [-0.25, -0.2) is 13.6 Å². The first-order valence-corrected chi connectivity index (χ1v) is 7.89. The van der Waals surface area contributed by atoms with Gasteiger partial charge in [0.1, 0.15) is 0 Å². The molecule has 3 N–H and O–H groups in total. The zero-order chi connectivity index (χ0) is 14.8. The summed E-state index contributed by atoms with van der Waals surface area (Å²) in [6.45, 7) is 0.478. The lowest BCUT2D eigenvalue weighted by atomic mass is 10.1. The third-order valence-corrected chi connectivity index (χ3v) is 4.23. The fourth-order valence-electron chi connectivity index (χ4n) is 2.02. The smallest absolute Gasteiger partial charge is 0.251 e. The lowest BCUT2D eigenvalue weighted by Crippen LogP contribution is -2.39. The summed E-state index contributed by atoms with van der Waals surface area (Å²) in [7, 11) is -2.13. The van der Waals surface area contributed by atoms with Crippen LogP contribution in [0.25, 0.3) is 0 Å². The topological polar surface area (TPSA) is 98.5 Å². The molecule has 6 nitrogen and oxygen atoms in total. The summed E-state index contributed by atoms with van der Waals surface area (Å²) in [5.41, 5.74) is 0.402. The first-order chi connectivity index (χ1) is 9.41. The molecule has 0 aromatic heterocycles. The van der Waals surface area contributed by atoms with Crippen LogP contribution in [-0.2, 0) is 14.8 Å². The second-order valence-corrected chi connectivity index (χ2v) is 6.50. The summed E-state index contributed by atoms with van der Waals surface area (Å²) in [5, 5.41) is 7.92. The van der Waals surface area contributed by atoms with Crippen molar-refractivity contribution in [3.63, 3.8) is 0 Å². The molecule has 1 aliphatic carbocycles. The van der Waals surface area contributed by atoms with Crippen molar-refractivity contribution in [3.8, 4) is 0 Å². The first-order valence-electron chi connectivity index (χ1n) is 6.34. The van der Waals surface area contributed by atoms with E-state index in [1.165, 1.54) is 24.3 Å². The summed E-state index contributed by atoms with van der Waals surface area (Å²) >= 11 is 0. The van der Waals surface area contributed by atoms with Gasteiger partial charge in [0.25, 0.3) is 5.91 Å². The van der Waals surface area contributed by atoms with E-state index in [0.717, 1.165) is 12.8 Å². The molecule has 1 aromatic rings. The minimum absolute atomic E-state index is 0.00502. The predicted molar refractivity (Wildman–Crippen MR) is 73.7 cm³/mol. The number of methoxy groups -OCH3 is 1. The number of amides is 1. The Morgan fingerprint density at radius 3 is 2.45 bits per heavy atom. The predicted octanol–water partition coefficient (Wildman–Crippen LogP) is 0.489. The number of primary sulfonamides is 1. The van der Waals surface area contributed by atoms with Gasteiger partial charge in [-0.05, 0) is 43.0 Å². The van der Waals surface area contributed by atoms with E-state index >= 15 is 0 Å². The van der Waals surface area contributed by atoms with E-state index < -0.39 is 10.0 Å². The average molecular weight is 298 g/mol. The molecular weight excluding hydrogens is 280 g/mol. The second-order valence-electron chi connectivity index (χ2n) is 4.94. The molecule has 0 spiro atoms. The SMILES string of the molecule is COCC(NC(=O)c1ccc(S(N)(=O)=O)cc1)C1CC1. The van der Waals surface area contributed by atoms with Crippen LogP contribution in [0.3, 0.4) is 0 Å². The van der Waals surface area contributed by atoms with Gasteiger partial charge in [0.2, 0.25) is 10.0 Å². The van der Waals surface area contributed by atoms with Crippen LogP contribution < -0.4 is 10.5 Å². The monoisotopic (exact) mass is 298 g/mol. The Morgan fingerprint density at radius 1 is 1.40 bits per heavy atom. The van der Waals surface area contributed by atoms with Crippen molar-refractivity contribution in [1.82, 2.24) is 5.32 Å². The molecule has 1 amide bonds. The number of hydrogen-bond acceptors (Lipinski definition) is 4.